The quantitative estimate of drug-likeness (QED) is 0.875. The normalized spacial score (nSPS) is 17.4. The Morgan fingerprint density at radius 2 is 1.88 bits per heavy atom. The largest absolute Gasteiger partial charge is 0.508 e. The molecule has 0 aromatic heterocycles. The maximum Gasteiger partial charge on any atom is 0.222 e. The summed E-state index contributed by atoms with van der Waals surface area (Å²) in [6.45, 7) is 1.16. The minimum atomic E-state index is -0.127. The predicted molar refractivity (Wildman–Crippen MR) is 98.0 cm³/mol. The van der Waals surface area contributed by atoms with E-state index in [1.54, 1.807) is 12.1 Å². The molecule has 1 unspecified atom stereocenters. The third kappa shape index (κ3) is 5.19. The van der Waals surface area contributed by atoms with Crippen LogP contribution in [0.25, 0.3) is 5.57 Å². The fourth-order valence-corrected chi connectivity index (χ4v) is 2.97. The van der Waals surface area contributed by atoms with Crippen LogP contribution in [0.15, 0.2) is 60.7 Å². The van der Waals surface area contributed by atoms with Crippen LogP contribution in [0.5, 0.6) is 5.75 Å². The molecule has 0 aliphatic carbocycles. The molecule has 130 valence electrons. The lowest BCUT2D eigenvalue weighted by Gasteiger charge is -2.17. The van der Waals surface area contributed by atoms with Gasteiger partial charge in [-0.25, -0.2) is 0 Å². The monoisotopic (exact) mass is 337 g/mol. The molecule has 1 atom stereocenters. The summed E-state index contributed by atoms with van der Waals surface area (Å²) >= 11 is 0. The van der Waals surface area contributed by atoms with Gasteiger partial charge in [-0.1, -0.05) is 48.5 Å². The number of rotatable bonds is 5. The molecule has 1 amide bonds. The molecular weight excluding hydrogens is 314 g/mol. The lowest BCUT2D eigenvalue weighted by Crippen LogP contribution is -2.28. The van der Waals surface area contributed by atoms with Gasteiger partial charge in [-0.15, -0.1) is 0 Å². The molecule has 2 N–H and O–H groups in total. The van der Waals surface area contributed by atoms with Gasteiger partial charge in [-0.3, -0.25) is 4.79 Å². The molecule has 1 heterocycles. The van der Waals surface area contributed by atoms with Crippen molar-refractivity contribution in [3.8, 4) is 5.75 Å². The molecule has 0 saturated carbocycles. The van der Waals surface area contributed by atoms with Gasteiger partial charge in [-0.2, -0.15) is 0 Å². The Morgan fingerprint density at radius 3 is 2.64 bits per heavy atom. The van der Waals surface area contributed by atoms with Crippen molar-refractivity contribution in [1.82, 2.24) is 5.32 Å². The van der Waals surface area contributed by atoms with Crippen LogP contribution in [0.3, 0.4) is 0 Å². The molecule has 2 aromatic carbocycles. The zero-order chi connectivity index (χ0) is 17.5. The summed E-state index contributed by atoms with van der Waals surface area (Å²) in [7, 11) is 0. The summed E-state index contributed by atoms with van der Waals surface area (Å²) in [6.07, 6.45) is 3.91. The van der Waals surface area contributed by atoms with Crippen LogP contribution in [-0.2, 0) is 16.1 Å². The average Bonchev–Trinajstić information content (AvgIpc) is 2.87. The van der Waals surface area contributed by atoms with E-state index in [4.69, 9.17) is 4.74 Å². The van der Waals surface area contributed by atoms with Crippen LogP contribution in [0, 0.1) is 0 Å². The van der Waals surface area contributed by atoms with E-state index in [0.29, 0.717) is 26.0 Å². The van der Waals surface area contributed by atoms with E-state index >= 15 is 0 Å². The second-order valence-electron chi connectivity index (χ2n) is 6.23. The maximum atomic E-state index is 12.2. The van der Waals surface area contributed by atoms with Crippen molar-refractivity contribution in [2.24, 2.45) is 0 Å². The van der Waals surface area contributed by atoms with Gasteiger partial charge in [0, 0.05) is 6.54 Å². The molecule has 2 aromatic rings. The number of phenols is 1. The van der Waals surface area contributed by atoms with E-state index in [1.165, 1.54) is 5.57 Å². The summed E-state index contributed by atoms with van der Waals surface area (Å²) < 4.78 is 5.84. The highest BCUT2D eigenvalue weighted by Gasteiger charge is 2.19. The van der Waals surface area contributed by atoms with Gasteiger partial charge in [0.1, 0.15) is 5.75 Å². The van der Waals surface area contributed by atoms with Crippen LogP contribution < -0.4 is 5.32 Å². The molecule has 0 fully saturated rings. The number of aromatic hydroxyl groups is 1. The first-order valence-corrected chi connectivity index (χ1v) is 8.61. The minimum absolute atomic E-state index is 0.000749. The Morgan fingerprint density at radius 1 is 1.12 bits per heavy atom. The number of carbonyl (C=O) groups is 1. The topological polar surface area (TPSA) is 58.6 Å². The van der Waals surface area contributed by atoms with Crippen molar-refractivity contribution in [3.63, 3.8) is 0 Å². The van der Waals surface area contributed by atoms with Gasteiger partial charge in [0.25, 0.3) is 0 Å². The lowest BCUT2D eigenvalue weighted by atomic mass is 9.98. The molecular formula is C21H23NO3. The zero-order valence-electron chi connectivity index (χ0n) is 14.2. The van der Waals surface area contributed by atoms with E-state index in [0.717, 1.165) is 17.5 Å². The molecule has 0 radical (unpaired) electrons. The molecule has 25 heavy (non-hydrogen) atoms. The summed E-state index contributed by atoms with van der Waals surface area (Å²) in [5.74, 6) is 0.256. The Hall–Kier alpha value is -2.59. The Labute approximate surface area is 148 Å². The van der Waals surface area contributed by atoms with Gasteiger partial charge >= 0.3 is 0 Å². The molecule has 1 aliphatic rings. The zero-order valence-corrected chi connectivity index (χ0v) is 14.2. The number of hydrogen-bond donors (Lipinski definition) is 2. The van der Waals surface area contributed by atoms with Gasteiger partial charge < -0.3 is 15.2 Å². The molecule has 4 nitrogen and oxygen atoms in total. The van der Waals surface area contributed by atoms with E-state index in [2.05, 4.69) is 11.4 Å². The fourth-order valence-electron chi connectivity index (χ4n) is 2.97. The van der Waals surface area contributed by atoms with Gasteiger partial charge in [0.2, 0.25) is 5.91 Å². The average molecular weight is 337 g/mol. The second-order valence-corrected chi connectivity index (χ2v) is 6.23. The van der Waals surface area contributed by atoms with Crippen molar-refractivity contribution >= 4 is 11.5 Å². The SMILES string of the molecule is O=C(CC1CC(c2ccc(O)cc2)=CCCO1)NCc1ccccc1. The summed E-state index contributed by atoms with van der Waals surface area (Å²) in [4.78, 5) is 12.2. The summed E-state index contributed by atoms with van der Waals surface area (Å²) in [5.41, 5.74) is 3.32. The van der Waals surface area contributed by atoms with Crippen molar-refractivity contribution in [3.05, 3.63) is 71.8 Å². The molecule has 3 rings (SSSR count). The van der Waals surface area contributed by atoms with E-state index < -0.39 is 0 Å². The standard InChI is InChI=1S/C21H23NO3/c23-19-10-8-17(9-11-19)18-7-4-12-25-20(13-18)14-21(24)22-15-16-5-2-1-3-6-16/h1-3,5-11,20,23H,4,12-15H2,(H,22,24). The first kappa shape index (κ1) is 17.2. The predicted octanol–water partition coefficient (Wildman–Crippen LogP) is 3.66. The third-order valence-corrected chi connectivity index (χ3v) is 4.29. The van der Waals surface area contributed by atoms with Crippen LogP contribution in [0.1, 0.15) is 30.4 Å². The highest BCUT2D eigenvalue weighted by Crippen LogP contribution is 2.27. The number of benzene rings is 2. The van der Waals surface area contributed by atoms with E-state index in [9.17, 15) is 9.90 Å². The Bertz CT molecular complexity index is 723. The van der Waals surface area contributed by atoms with Crippen molar-refractivity contribution in [1.29, 1.82) is 0 Å². The van der Waals surface area contributed by atoms with Gasteiger partial charge in [-0.05, 0) is 41.7 Å². The highest BCUT2D eigenvalue weighted by molar-refractivity contribution is 5.77. The van der Waals surface area contributed by atoms with Crippen LogP contribution in [0.4, 0.5) is 0 Å². The molecule has 4 heteroatoms. The highest BCUT2D eigenvalue weighted by atomic mass is 16.5. The number of carbonyl (C=O) groups excluding carboxylic acids is 1. The first-order valence-electron chi connectivity index (χ1n) is 8.61. The minimum Gasteiger partial charge on any atom is -0.508 e. The van der Waals surface area contributed by atoms with E-state index in [-0.39, 0.29) is 17.8 Å². The van der Waals surface area contributed by atoms with Crippen molar-refractivity contribution < 1.29 is 14.6 Å². The Balaban J connectivity index is 1.55. The molecule has 0 saturated heterocycles. The smallest absolute Gasteiger partial charge is 0.222 e. The van der Waals surface area contributed by atoms with Gasteiger partial charge in [0.15, 0.2) is 0 Å². The van der Waals surface area contributed by atoms with Crippen molar-refractivity contribution in [2.45, 2.75) is 31.9 Å². The second kappa shape index (κ2) is 8.49. The number of ether oxygens (including phenoxy) is 1. The van der Waals surface area contributed by atoms with Crippen molar-refractivity contribution in [2.75, 3.05) is 6.61 Å². The molecule has 0 spiro atoms. The lowest BCUT2D eigenvalue weighted by molar-refractivity contribution is -0.124. The van der Waals surface area contributed by atoms with Gasteiger partial charge in [0.05, 0.1) is 19.1 Å². The van der Waals surface area contributed by atoms with Crippen LogP contribution >= 0.6 is 0 Å². The molecule has 0 bridgehead atoms. The summed E-state index contributed by atoms with van der Waals surface area (Å²) in [5, 5.41) is 12.4. The first-order chi connectivity index (χ1) is 12.2. The van der Waals surface area contributed by atoms with E-state index in [1.807, 2.05) is 42.5 Å². The number of amides is 1. The van der Waals surface area contributed by atoms with Crippen LogP contribution in [0.2, 0.25) is 0 Å². The number of nitrogens with one attached hydrogen (secondary N) is 1. The summed E-state index contributed by atoms with van der Waals surface area (Å²) in [6, 6.07) is 17.0. The Kier molecular flexibility index (Phi) is 5.86. The fraction of sp³-hybridized carbons (Fsp3) is 0.286. The maximum absolute atomic E-state index is 12.2. The number of hydrogen-bond acceptors (Lipinski definition) is 3. The molecule has 1 aliphatic heterocycles. The third-order valence-electron chi connectivity index (χ3n) is 4.29. The van der Waals surface area contributed by atoms with Crippen LogP contribution in [-0.4, -0.2) is 23.7 Å². The number of phenolic OH excluding ortho intramolecular Hbond substituents is 1.